The molecule has 8 heteroatoms. The second kappa shape index (κ2) is 16.1. The summed E-state index contributed by atoms with van der Waals surface area (Å²) in [5.74, 6) is 1.43. The van der Waals surface area contributed by atoms with Gasteiger partial charge in [0.25, 0.3) is 0 Å². The molecule has 0 fully saturated rings. The quantitative estimate of drug-likeness (QED) is 0.207. The maximum Gasteiger partial charge on any atom is 0.213 e. The maximum absolute atomic E-state index is 5.54. The highest BCUT2D eigenvalue weighted by Crippen LogP contribution is 2.10. The van der Waals surface area contributed by atoms with Gasteiger partial charge in [0.05, 0.1) is 25.9 Å². The van der Waals surface area contributed by atoms with E-state index in [4.69, 9.17) is 14.2 Å². The highest BCUT2D eigenvalue weighted by molar-refractivity contribution is 14.0. The number of guanidine groups is 1. The monoisotopic (exact) mass is 480 g/mol. The molecule has 0 spiro atoms. The molecule has 0 aliphatic carbocycles. The van der Waals surface area contributed by atoms with E-state index in [0.717, 1.165) is 31.0 Å². The van der Waals surface area contributed by atoms with Crippen molar-refractivity contribution in [3.8, 4) is 5.88 Å². The van der Waals surface area contributed by atoms with E-state index in [2.05, 4.69) is 20.6 Å². The number of methoxy groups -OCH3 is 1. The number of halogens is 1. The van der Waals surface area contributed by atoms with E-state index in [1.54, 1.807) is 13.3 Å². The molecule has 0 aliphatic rings. The van der Waals surface area contributed by atoms with Crippen molar-refractivity contribution in [3.63, 3.8) is 0 Å². The summed E-state index contributed by atoms with van der Waals surface area (Å²) in [6.45, 7) is 10.2. The van der Waals surface area contributed by atoms with E-state index < -0.39 is 0 Å². The lowest BCUT2D eigenvalue weighted by Gasteiger charge is -2.12. The van der Waals surface area contributed by atoms with Gasteiger partial charge in [-0.15, -0.1) is 24.0 Å². The van der Waals surface area contributed by atoms with Crippen LogP contribution in [0.25, 0.3) is 0 Å². The summed E-state index contributed by atoms with van der Waals surface area (Å²) < 4.78 is 15.9. The molecule has 0 saturated carbocycles. The molecule has 26 heavy (non-hydrogen) atoms. The minimum atomic E-state index is 0. The average molecular weight is 480 g/mol. The van der Waals surface area contributed by atoms with Crippen LogP contribution in [0.3, 0.4) is 0 Å². The maximum atomic E-state index is 5.54. The zero-order valence-corrected chi connectivity index (χ0v) is 18.6. The normalized spacial score (nSPS) is 11.2. The van der Waals surface area contributed by atoms with Crippen molar-refractivity contribution in [1.29, 1.82) is 0 Å². The van der Waals surface area contributed by atoms with E-state index >= 15 is 0 Å². The highest BCUT2D eigenvalue weighted by atomic mass is 127. The van der Waals surface area contributed by atoms with Crippen LogP contribution in [0.1, 0.15) is 32.8 Å². The third kappa shape index (κ3) is 12.3. The van der Waals surface area contributed by atoms with Gasteiger partial charge in [0, 0.05) is 39.1 Å². The molecular formula is C18H33IN4O3. The average Bonchev–Trinajstić information content (AvgIpc) is 2.59. The summed E-state index contributed by atoms with van der Waals surface area (Å²) in [7, 11) is 1.67. The number of aliphatic imine (C=N–C) groups is 1. The van der Waals surface area contributed by atoms with Gasteiger partial charge in [-0.3, -0.25) is 0 Å². The highest BCUT2D eigenvalue weighted by Gasteiger charge is 2.01. The molecule has 0 saturated heterocycles. The summed E-state index contributed by atoms with van der Waals surface area (Å²) >= 11 is 0. The number of hydrogen-bond acceptors (Lipinski definition) is 5. The summed E-state index contributed by atoms with van der Waals surface area (Å²) in [5.41, 5.74) is 1.04. The Morgan fingerprint density at radius 1 is 1.19 bits per heavy atom. The van der Waals surface area contributed by atoms with Gasteiger partial charge in [0.2, 0.25) is 5.88 Å². The predicted molar refractivity (Wildman–Crippen MR) is 116 cm³/mol. The minimum absolute atomic E-state index is 0. The van der Waals surface area contributed by atoms with E-state index in [1.165, 1.54) is 0 Å². The molecular weight excluding hydrogens is 447 g/mol. The molecule has 1 aromatic heterocycles. The first kappa shape index (κ1) is 24.9. The molecule has 0 atom stereocenters. The molecule has 0 aliphatic heterocycles. The molecule has 1 heterocycles. The van der Waals surface area contributed by atoms with Gasteiger partial charge in [-0.25, -0.2) is 9.98 Å². The van der Waals surface area contributed by atoms with Crippen molar-refractivity contribution >= 4 is 29.9 Å². The third-order valence-corrected chi connectivity index (χ3v) is 3.11. The van der Waals surface area contributed by atoms with Gasteiger partial charge in [0.15, 0.2) is 5.96 Å². The Morgan fingerprint density at radius 2 is 2.00 bits per heavy atom. The van der Waals surface area contributed by atoms with Crippen molar-refractivity contribution in [1.82, 2.24) is 15.6 Å². The van der Waals surface area contributed by atoms with Crippen LogP contribution in [0.2, 0.25) is 0 Å². The molecule has 2 N–H and O–H groups in total. The molecule has 0 aromatic carbocycles. The van der Waals surface area contributed by atoms with E-state index in [0.29, 0.717) is 32.2 Å². The SMILES string of the molecule is CCNC(=NCc1ccc(OC(C)C)nc1)NCCCOCCOC.I. The minimum Gasteiger partial charge on any atom is -0.475 e. The van der Waals surface area contributed by atoms with Crippen LogP contribution >= 0.6 is 24.0 Å². The predicted octanol–water partition coefficient (Wildman–Crippen LogP) is 2.60. The van der Waals surface area contributed by atoms with Crippen LogP contribution in [0.4, 0.5) is 0 Å². The fraction of sp³-hybridized carbons (Fsp3) is 0.667. The number of nitrogens with zero attached hydrogens (tertiary/aromatic N) is 2. The summed E-state index contributed by atoms with van der Waals surface area (Å²) in [6.07, 6.45) is 2.84. The first-order valence-corrected chi connectivity index (χ1v) is 8.86. The smallest absolute Gasteiger partial charge is 0.213 e. The molecule has 1 aromatic rings. The van der Waals surface area contributed by atoms with E-state index in [9.17, 15) is 0 Å². The van der Waals surface area contributed by atoms with E-state index in [1.807, 2.05) is 32.9 Å². The first-order chi connectivity index (χ1) is 12.2. The molecule has 150 valence electrons. The van der Waals surface area contributed by atoms with Crippen molar-refractivity contribution in [2.24, 2.45) is 4.99 Å². The molecule has 0 amide bonds. The second-order valence-electron chi connectivity index (χ2n) is 5.75. The zero-order chi connectivity index (χ0) is 18.3. The number of hydrogen-bond donors (Lipinski definition) is 2. The van der Waals surface area contributed by atoms with Gasteiger partial charge >= 0.3 is 0 Å². The standard InChI is InChI=1S/C18H32N4O3.HI/c1-5-19-18(20-9-6-10-24-12-11-23-4)22-14-16-7-8-17(21-13-16)25-15(2)3;/h7-8,13,15H,5-6,9-12,14H2,1-4H3,(H2,19,20,22);1H. The first-order valence-electron chi connectivity index (χ1n) is 8.86. The fourth-order valence-electron chi connectivity index (χ4n) is 1.95. The second-order valence-corrected chi connectivity index (χ2v) is 5.75. The van der Waals surface area contributed by atoms with Gasteiger partial charge in [-0.05, 0) is 32.8 Å². The third-order valence-electron chi connectivity index (χ3n) is 3.11. The molecule has 0 bridgehead atoms. The summed E-state index contributed by atoms with van der Waals surface area (Å²) in [5, 5.41) is 6.54. The fourth-order valence-corrected chi connectivity index (χ4v) is 1.95. The van der Waals surface area contributed by atoms with E-state index in [-0.39, 0.29) is 30.1 Å². The number of pyridine rings is 1. The van der Waals surface area contributed by atoms with Crippen LogP contribution in [-0.2, 0) is 16.0 Å². The zero-order valence-electron chi connectivity index (χ0n) is 16.3. The van der Waals surface area contributed by atoms with Crippen LogP contribution in [0.15, 0.2) is 23.3 Å². The van der Waals surface area contributed by atoms with Gasteiger partial charge in [-0.1, -0.05) is 6.07 Å². The van der Waals surface area contributed by atoms with Crippen molar-refractivity contribution < 1.29 is 14.2 Å². The summed E-state index contributed by atoms with van der Waals surface area (Å²) in [4.78, 5) is 8.87. The Morgan fingerprint density at radius 3 is 2.62 bits per heavy atom. The van der Waals surface area contributed by atoms with Crippen LogP contribution in [-0.4, -0.2) is 57.1 Å². The van der Waals surface area contributed by atoms with Crippen LogP contribution in [0, 0.1) is 0 Å². The van der Waals surface area contributed by atoms with Crippen LogP contribution < -0.4 is 15.4 Å². The molecule has 0 radical (unpaired) electrons. The van der Waals surface area contributed by atoms with Crippen LogP contribution in [0.5, 0.6) is 5.88 Å². The summed E-state index contributed by atoms with van der Waals surface area (Å²) in [6, 6.07) is 3.87. The molecule has 7 nitrogen and oxygen atoms in total. The van der Waals surface area contributed by atoms with Crippen molar-refractivity contribution in [2.45, 2.75) is 39.8 Å². The molecule has 1 rings (SSSR count). The van der Waals surface area contributed by atoms with Crippen molar-refractivity contribution in [3.05, 3.63) is 23.9 Å². The Kier molecular flexibility index (Phi) is 15.4. The van der Waals surface area contributed by atoms with Crippen molar-refractivity contribution in [2.75, 3.05) is 40.0 Å². The number of aromatic nitrogens is 1. The lowest BCUT2D eigenvalue weighted by atomic mass is 10.3. The number of ether oxygens (including phenoxy) is 3. The number of rotatable bonds is 12. The number of nitrogens with one attached hydrogen (secondary N) is 2. The lowest BCUT2D eigenvalue weighted by Crippen LogP contribution is -2.38. The topological polar surface area (TPSA) is 77.0 Å². The Balaban J connectivity index is 0.00000625. The molecule has 0 unspecified atom stereocenters. The van der Waals surface area contributed by atoms with Gasteiger partial charge in [0.1, 0.15) is 0 Å². The Hall–Kier alpha value is -1.13. The van der Waals surface area contributed by atoms with Gasteiger partial charge < -0.3 is 24.8 Å². The Bertz CT molecular complexity index is 484. The Labute approximate surface area is 174 Å². The lowest BCUT2D eigenvalue weighted by molar-refractivity contribution is 0.0698. The largest absolute Gasteiger partial charge is 0.475 e. The van der Waals surface area contributed by atoms with Gasteiger partial charge in [-0.2, -0.15) is 0 Å².